The maximum Gasteiger partial charge on any atom is 0.267 e. The van der Waals surface area contributed by atoms with Gasteiger partial charge in [0.2, 0.25) is 5.91 Å². The highest BCUT2D eigenvalue weighted by Crippen LogP contribution is 2.34. The monoisotopic (exact) mass is 331 g/mol. The Balaban J connectivity index is 1.68. The van der Waals surface area contributed by atoms with Gasteiger partial charge in [-0.2, -0.15) is 0 Å². The molecule has 2 heterocycles. The Morgan fingerprint density at radius 2 is 1.96 bits per heavy atom. The Morgan fingerprint density at radius 3 is 2.62 bits per heavy atom. The van der Waals surface area contributed by atoms with Crippen molar-refractivity contribution in [3.8, 4) is 5.75 Å². The minimum absolute atomic E-state index is 0.0679. The van der Waals surface area contributed by atoms with Crippen LogP contribution in [-0.2, 0) is 16.0 Å². The first-order chi connectivity index (χ1) is 11.5. The maximum atomic E-state index is 12.5. The number of piperazine rings is 1. The van der Waals surface area contributed by atoms with Crippen LogP contribution in [0.3, 0.4) is 0 Å². The van der Waals surface area contributed by atoms with Crippen molar-refractivity contribution in [2.75, 3.05) is 44.7 Å². The Morgan fingerprint density at radius 1 is 1.25 bits per heavy atom. The number of fused-ring (bicyclic) bond motifs is 1. The molecule has 3 rings (SSSR count). The second-order valence-corrected chi connectivity index (χ2v) is 6.45. The van der Waals surface area contributed by atoms with Crippen LogP contribution in [0, 0.1) is 0 Å². The molecule has 0 saturated carbocycles. The first-order valence-corrected chi connectivity index (χ1v) is 8.57. The molecule has 1 saturated heterocycles. The first kappa shape index (κ1) is 16.8. The number of hydrogen-bond acceptors (Lipinski definition) is 4. The highest BCUT2D eigenvalue weighted by Gasteiger charge is 2.29. The summed E-state index contributed by atoms with van der Waals surface area (Å²) in [5.74, 6) is 0.767. The lowest BCUT2D eigenvalue weighted by Crippen LogP contribution is -2.48. The number of rotatable bonds is 3. The SMILES string of the molecule is CCN1CCN(C(=O)Cc2ccc3c(c2)N(C)C(=O)C(C)O3)CC1. The second-order valence-electron chi connectivity index (χ2n) is 6.45. The summed E-state index contributed by atoms with van der Waals surface area (Å²) in [6, 6.07) is 5.65. The molecule has 0 aliphatic carbocycles. The Bertz CT molecular complexity index is 638. The van der Waals surface area contributed by atoms with Crippen molar-refractivity contribution in [3.05, 3.63) is 23.8 Å². The number of ether oxygens (including phenoxy) is 1. The van der Waals surface area contributed by atoms with E-state index >= 15 is 0 Å². The van der Waals surface area contributed by atoms with Crippen molar-refractivity contribution >= 4 is 17.5 Å². The number of benzene rings is 1. The number of hydrogen-bond donors (Lipinski definition) is 0. The van der Waals surface area contributed by atoms with E-state index in [0.717, 1.165) is 44.0 Å². The summed E-state index contributed by atoms with van der Waals surface area (Å²) in [5.41, 5.74) is 1.65. The molecule has 1 unspecified atom stereocenters. The lowest BCUT2D eigenvalue weighted by atomic mass is 10.1. The standard InChI is InChI=1S/C18H25N3O3/c1-4-20-7-9-21(10-8-20)17(22)12-14-5-6-16-15(11-14)19(3)18(23)13(2)24-16/h5-6,11,13H,4,7-10,12H2,1-3H3. The molecule has 1 aromatic rings. The smallest absolute Gasteiger partial charge is 0.267 e. The van der Waals surface area contributed by atoms with Gasteiger partial charge < -0.3 is 19.4 Å². The van der Waals surface area contributed by atoms with Gasteiger partial charge in [0.25, 0.3) is 5.91 Å². The van der Waals surface area contributed by atoms with Gasteiger partial charge in [0.05, 0.1) is 12.1 Å². The molecular formula is C18H25N3O3. The fraction of sp³-hybridized carbons (Fsp3) is 0.556. The highest BCUT2D eigenvalue weighted by atomic mass is 16.5. The molecule has 2 aliphatic heterocycles. The zero-order valence-electron chi connectivity index (χ0n) is 14.6. The second kappa shape index (κ2) is 6.81. The van der Waals surface area contributed by atoms with E-state index in [1.54, 1.807) is 18.9 Å². The highest BCUT2D eigenvalue weighted by molar-refractivity contribution is 5.99. The first-order valence-electron chi connectivity index (χ1n) is 8.57. The average Bonchev–Trinajstić information content (AvgIpc) is 2.60. The number of amides is 2. The van der Waals surface area contributed by atoms with E-state index in [2.05, 4.69) is 11.8 Å². The van der Waals surface area contributed by atoms with E-state index in [0.29, 0.717) is 12.2 Å². The van der Waals surface area contributed by atoms with Crippen LogP contribution in [0.2, 0.25) is 0 Å². The summed E-state index contributed by atoms with van der Waals surface area (Å²) in [6.07, 6.45) is -0.110. The van der Waals surface area contributed by atoms with Crippen molar-refractivity contribution < 1.29 is 14.3 Å². The van der Waals surface area contributed by atoms with Gasteiger partial charge in [0, 0.05) is 33.2 Å². The van der Waals surface area contributed by atoms with Crippen LogP contribution < -0.4 is 9.64 Å². The van der Waals surface area contributed by atoms with Crippen LogP contribution >= 0.6 is 0 Å². The molecule has 0 bridgehead atoms. The van der Waals surface area contributed by atoms with Crippen LogP contribution in [0.25, 0.3) is 0 Å². The van der Waals surface area contributed by atoms with Crippen molar-refractivity contribution in [2.45, 2.75) is 26.4 Å². The zero-order chi connectivity index (χ0) is 17.3. The fourth-order valence-electron chi connectivity index (χ4n) is 3.27. The summed E-state index contributed by atoms with van der Waals surface area (Å²) in [7, 11) is 1.75. The summed E-state index contributed by atoms with van der Waals surface area (Å²) in [4.78, 5) is 30.5. The molecule has 1 aromatic carbocycles. The third-order valence-corrected chi connectivity index (χ3v) is 4.89. The van der Waals surface area contributed by atoms with Crippen LogP contribution in [0.4, 0.5) is 5.69 Å². The molecule has 2 amide bonds. The Kier molecular flexibility index (Phi) is 4.76. The molecule has 0 N–H and O–H groups in total. The third kappa shape index (κ3) is 3.24. The molecule has 2 aliphatic rings. The molecule has 6 nitrogen and oxygen atoms in total. The fourth-order valence-corrected chi connectivity index (χ4v) is 3.27. The largest absolute Gasteiger partial charge is 0.479 e. The number of carbonyl (C=O) groups is 2. The molecule has 0 spiro atoms. The minimum atomic E-state index is -0.468. The van der Waals surface area contributed by atoms with E-state index < -0.39 is 6.10 Å². The van der Waals surface area contributed by atoms with Crippen LogP contribution in [0.15, 0.2) is 18.2 Å². The third-order valence-electron chi connectivity index (χ3n) is 4.89. The molecule has 24 heavy (non-hydrogen) atoms. The lowest BCUT2D eigenvalue weighted by Gasteiger charge is -2.34. The van der Waals surface area contributed by atoms with Gasteiger partial charge in [-0.05, 0) is 31.2 Å². The molecule has 1 fully saturated rings. The quantitative estimate of drug-likeness (QED) is 0.833. The van der Waals surface area contributed by atoms with E-state index in [1.165, 1.54) is 0 Å². The molecule has 0 radical (unpaired) electrons. The summed E-state index contributed by atoms with van der Waals surface area (Å²) in [6.45, 7) is 8.38. The van der Waals surface area contributed by atoms with Gasteiger partial charge in [-0.25, -0.2) is 0 Å². The zero-order valence-corrected chi connectivity index (χ0v) is 14.6. The normalized spacial score (nSPS) is 21.5. The van der Waals surface area contributed by atoms with Gasteiger partial charge >= 0.3 is 0 Å². The van der Waals surface area contributed by atoms with Gasteiger partial charge in [0.1, 0.15) is 5.75 Å². The van der Waals surface area contributed by atoms with Crippen LogP contribution in [0.1, 0.15) is 19.4 Å². The van der Waals surface area contributed by atoms with Crippen molar-refractivity contribution in [3.63, 3.8) is 0 Å². The summed E-state index contributed by atoms with van der Waals surface area (Å²) < 4.78 is 5.62. The predicted molar refractivity (Wildman–Crippen MR) is 92.3 cm³/mol. The molecular weight excluding hydrogens is 306 g/mol. The number of anilines is 1. The predicted octanol–water partition coefficient (Wildman–Crippen LogP) is 1.14. The van der Waals surface area contributed by atoms with Crippen LogP contribution in [0.5, 0.6) is 5.75 Å². The van der Waals surface area contributed by atoms with E-state index in [4.69, 9.17) is 4.74 Å². The van der Waals surface area contributed by atoms with E-state index in [-0.39, 0.29) is 11.8 Å². The average molecular weight is 331 g/mol. The molecule has 0 aromatic heterocycles. The minimum Gasteiger partial charge on any atom is -0.479 e. The van der Waals surface area contributed by atoms with Crippen LogP contribution in [-0.4, -0.2) is 67.5 Å². The number of likely N-dealkylation sites (N-methyl/N-ethyl adjacent to an activating group) is 2. The Hall–Kier alpha value is -2.08. The van der Waals surface area contributed by atoms with Crippen molar-refractivity contribution in [1.29, 1.82) is 0 Å². The summed E-state index contributed by atoms with van der Waals surface area (Å²) >= 11 is 0. The van der Waals surface area contributed by atoms with E-state index in [1.807, 2.05) is 23.1 Å². The van der Waals surface area contributed by atoms with E-state index in [9.17, 15) is 9.59 Å². The summed E-state index contributed by atoms with van der Waals surface area (Å²) in [5, 5.41) is 0. The van der Waals surface area contributed by atoms with Crippen molar-refractivity contribution in [2.24, 2.45) is 0 Å². The topological polar surface area (TPSA) is 53.1 Å². The molecule has 1 atom stereocenters. The van der Waals surface area contributed by atoms with Gasteiger partial charge in [-0.1, -0.05) is 13.0 Å². The number of nitrogens with zero attached hydrogens (tertiary/aromatic N) is 3. The molecule has 130 valence electrons. The molecule has 6 heteroatoms. The van der Waals surface area contributed by atoms with Gasteiger partial charge in [0.15, 0.2) is 6.10 Å². The lowest BCUT2D eigenvalue weighted by molar-refractivity contribution is -0.132. The Labute approximate surface area is 143 Å². The number of carbonyl (C=O) groups excluding carboxylic acids is 2. The van der Waals surface area contributed by atoms with Gasteiger partial charge in [-0.3, -0.25) is 9.59 Å². The van der Waals surface area contributed by atoms with Gasteiger partial charge in [-0.15, -0.1) is 0 Å². The maximum absolute atomic E-state index is 12.5. The van der Waals surface area contributed by atoms with Crippen molar-refractivity contribution in [1.82, 2.24) is 9.80 Å².